The Morgan fingerprint density at radius 1 is 1.43 bits per heavy atom. The number of carbonyl (C=O) groups excluding carboxylic acids is 1. The zero-order valence-corrected chi connectivity index (χ0v) is 8.26. The first-order valence-corrected chi connectivity index (χ1v) is 3.66. The Bertz CT molecular complexity index is 316. The maximum absolute atomic E-state index is 11.0. The molecule has 4 N–H and O–H groups in total. The highest BCUT2D eigenvalue weighted by Gasteiger charge is 2.05. The Labute approximate surface area is 87.9 Å². The molecular formula is C8H10BClO4. The summed E-state index contributed by atoms with van der Waals surface area (Å²) in [5.74, 6) is -0.420. The Morgan fingerprint density at radius 2 is 2.00 bits per heavy atom. The van der Waals surface area contributed by atoms with E-state index in [1.807, 2.05) is 0 Å². The van der Waals surface area contributed by atoms with Crippen molar-refractivity contribution >= 4 is 30.9 Å². The summed E-state index contributed by atoms with van der Waals surface area (Å²) in [5, 5.41) is 0.359. The van der Waals surface area contributed by atoms with Crippen molar-refractivity contribution in [2.45, 2.75) is 0 Å². The van der Waals surface area contributed by atoms with Gasteiger partial charge in [-0.05, 0) is 12.1 Å². The van der Waals surface area contributed by atoms with E-state index in [0.717, 1.165) is 0 Å². The van der Waals surface area contributed by atoms with Crippen molar-refractivity contribution in [3.05, 3.63) is 28.8 Å². The second kappa shape index (κ2) is 6.42. The van der Waals surface area contributed by atoms with Crippen LogP contribution in [0.4, 0.5) is 0 Å². The molecule has 0 unspecified atom stereocenters. The lowest BCUT2D eigenvalue weighted by Crippen LogP contribution is -2.07. The topological polar surface area (TPSA) is 89.3 Å². The van der Waals surface area contributed by atoms with Gasteiger partial charge in [0.2, 0.25) is 0 Å². The predicted octanol–water partition coefficient (Wildman–Crippen LogP) is -0.729. The molecule has 14 heavy (non-hydrogen) atoms. The van der Waals surface area contributed by atoms with E-state index in [1.165, 1.54) is 13.2 Å². The first-order valence-electron chi connectivity index (χ1n) is 3.28. The molecule has 0 bridgehead atoms. The van der Waals surface area contributed by atoms with Gasteiger partial charge in [0.05, 0.1) is 12.7 Å². The zero-order chi connectivity index (χ0) is 9.14. The van der Waals surface area contributed by atoms with Crippen LogP contribution >= 0.6 is 11.6 Å². The lowest BCUT2D eigenvalue weighted by atomic mass is 9.95. The van der Waals surface area contributed by atoms with E-state index in [4.69, 9.17) is 19.4 Å². The summed E-state index contributed by atoms with van der Waals surface area (Å²) in [4.78, 5) is 11.0. The third-order valence-corrected chi connectivity index (χ3v) is 1.75. The number of halogens is 1. The second-order valence-corrected chi connectivity index (χ2v) is 2.64. The third kappa shape index (κ3) is 3.37. The van der Waals surface area contributed by atoms with E-state index in [1.54, 1.807) is 12.1 Å². The molecule has 0 amide bonds. The first kappa shape index (κ1) is 15.4. The molecule has 0 saturated heterocycles. The van der Waals surface area contributed by atoms with Crippen LogP contribution in [0.3, 0.4) is 0 Å². The van der Waals surface area contributed by atoms with Gasteiger partial charge in [0, 0.05) is 5.02 Å². The maximum Gasteiger partial charge on any atom is 0.337 e. The molecule has 76 valence electrons. The number of carbonyl (C=O) groups is 1. The molecule has 6 heteroatoms. The van der Waals surface area contributed by atoms with Crippen LogP contribution in [0, 0.1) is 0 Å². The highest BCUT2D eigenvalue weighted by atomic mass is 35.5. The summed E-state index contributed by atoms with van der Waals surface area (Å²) in [6, 6.07) is 4.60. The molecular weight excluding hydrogens is 206 g/mol. The fourth-order valence-electron chi connectivity index (χ4n) is 0.772. The van der Waals surface area contributed by atoms with Gasteiger partial charge in [-0.2, -0.15) is 0 Å². The molecule has 1 rings (SSSR count). The Kier molecular flexibility index (Phi) is 7.08. The number of hydrogen-bond donors (Lipinski definition) is 0. The summed E-state index contributed by atoms with van der Waals surface area (Å²) < 4.78 is 4.49. The largest absolute Gasteiger partial charge is 0.465 e. The number of hydrogen-bond acceptors (Lipinski definition) is 2. The van der Waals surface area contributed by atoms with Crippen LogP contribution in [0.1, 0.15) is 10.4 Å². The quantitative estimate of drug-likeness (QED) is 0.457. The SMILES string of the molecule is O.O.[B]c1ccc(C(=O)OC)cc1Cl. The molecule has 0 spiro atoms. The molecule has 0 aliphatic rings. The summed E-state index contributed by atoms with van der Waals surface area (Å²) in [5.41, 5.74) is 0.848. The fraction of sp³-hybridized carbons (Fsp3) is 0.125. The predicted molar refractivity (Wildman–Crippen MR) is 55.4 cm³/mol. The molecule has 0 heterocycles. The molecule has 0 aliphatic heterocycles. The van der Waals surface area contributed by atoms with Gasteiger partial charge >= 0.3 is 5.97 Å². The molecule has 0 atom stereocenters. The van der Waals surface area contributed by atoms with E-state index in [-0.39, 0.29) is 11.0 Å². The Balaban J connectivity index is 0. The van der Waals surface area contributed by atoms with Gasteiger partial charge in [0.25, 0.3) is 0 Å². The van der Waals surface area contributed by atoms with Gasteiger partial charge in [-0.25, -0.2) is 4.79 Å². The standard InChI is InChI=1S/C8H6BClO2.2H2O/c1-12-8(11)5-2-3-6(9)7(10)4-5;;/h2-4H,1H3;2*1H2. The van der Waals surface area contributed by atoms with Crippen LogP contribution in [-0.2, 0) is 4.74 Å². The third-order valence-electron chi connectivity index (χ3n) is 1.42. The summed E-state index contributed by atoms with van der Waals surface area (Å²) in [6.07, 6.45) is 0. The Morgan fingerprint density at radius 3 is 2.43 bits per heavy atom. The Hall–Kier alpha value is -1.04. The van der Waals surface area contributed by atoms with Crippen LogP contribution in [0.25, 0.3) is 0 Å². The van der Waals surface area contributed by atoms with Gasteiger partial charge in [-0.15, -0.1) is 0 Å². The highest BCUT2D eigenvalue weighted by Crippen LogP contribution is 2.08. The number of methoxy groups -OCH3 is 1. The zero-order valence-electron chi connectivity index (χ0n) is 7.50. The molecule has 0 aromatic heterocycles. The smallest absolute Gasteiger partial charge is 0.337 e. The lowest BCUT2D eigenvalue weighted by Gasteiger charge is -2.01. The van der Waals surface area contributed by atoms with Crippen molar-refractivity contribution in [2.75, 3.05) is 7.11 Å². The lowest BCUT2D eigenvalue weighted by molar-refractivity contribution is 0.0601. The van der Waals surface area contributed by atoms with E-state index in [2.05, 4.69) is 4.74 Å². The second-order valence-electron chi connectivity index (χ2n) is 2.23. The summed E-state index contributed by atoms with van der Waals surface area (Å²) >= 11 is 5.68. The van der Waals surface area contributed by atoms with Gasteiger partial charge in [0.15, 0.2) is 0 Å². The van der Waals surface area contributed by atoms with Crippen LogP contribution in [-0.4, -0.2) is 31.9 Å². The summed E-state index contributed by atoms with van der Waals surface area (Å²) in [6.45, 7) is 0. The van der Waals surface area contributed by atoms with Crippen LogP contribution in [0.5, 0.6) is 0 Å². The van der Waals surface area contributed by atoms with Gasteiger partial charge < -0.3 is 15.7 Å². The van der Waals surface area contributed by atoms with Gasteiger partial charge in [0.1, 0.15) is 7.85 Å². The summed E-state index contributed by atoms with van der Waals surface area (Å²) in [7, 11) is 6.76. The van der Waals surface area contributed by atoms with Crippen molar-refractivity contribution < 1.29 is 20.5 Å². The van der Waals surface area contributed by atoms with Crippen molar-refractivity contribution in [3.63, 3.8) is 0 Å². The van der Waals surface area contributed by atoms with E-state index in [9.17, 15) is 4.79 Å². The minimum absolute atomic E-state index is 0. The molecule has 0 aliphatic carbocycles. The molecule has 0 saturated carbocycles. The molecule has 4 nitrogen and oxygen atoms in total. The van der Waals surface area contributed by atoms with Crippen LogP contribution in [0.15, 0.2) is 18.2 Å². The number of esters is 1. The first-order chi connectivity index (χ1) is 5.65. The minimum atomic E-state index is -0.420. The number of ether oxygens (including phenoxy) is 1. The van der Waals surface area contributed by atoms with Crippen LogP contribution in [0.2, 0.25) is 5.02 Å². The fourth-order valence-corrected chi connectivity index (χ4v) is 0.952. The van der Waals surface area contributed by atoms with Crippen molar-refractivity contribution in [1.29, 1.82) is 0 Å². The van der Waals surface area contributed by atoms with Crippen LogP contribution < -0.4 is 5.46 Å². The average Bonchev–Trinajstić information content (AvgIpc) is 2.08. The minimum Gasteiger partial charge on any atom is -0.465 e. The van der Waals surface area contributed by atoms with Crippen molar-refractivity contribution in [1.82, 2.24) is 0 Å². The average molecular weight is 216 g/mol. The number of rotatable bonds is 1. The van der Waals surface area contributed by atoms with Crippen molar-refractivity contribution in [3.8, 4) is 0 Å². The van der Waals surface area contributed by atoms with E-state index >= 15 is 0 Å². The van der Waals surface area contributed by atoms with Gasteiger partial charge in [-0.1, -0.05) is 23.1 Å². The monoisotopic (exact) mass is 216 g/mol. The molecule has 1 aromatic rings. The molecule has 0 fully saturated rings. The highest BCUT2D eigenvalue weighted by molar-refractivity contribution is 6.45. The van der Waals surface area contributed by atoms with Crippen molar-refractivity contribution in [2.24, 2.45) is 0 Å². The molecule has 1 aromatic carbocycles. The van der Waals surface area contributed by atoms with Gasteiger partial charge in [-0.3, -0.25) is 0 Å². The van der Waals surface area contributed by atoms with E-state index in [0.29, 0.717) is 16.0 Å². The normalized spacial score (nSPS) is 8.14. The number of benzene rings is 1. The molecule has 2 radical (unpaired) electrons. The maximum atomic E-state index is 11.0. The van der Waals surface area contributed by atoms with E-state index < -0.39 is 5.97 Å².